The van der Waals surface area contributed by atoms with Crippen molar-refractivity contribution in [1.82, 2.24) is 0 Å². The summed E-state index contributed by atoms with van der Waals surface area (Å²) in [5.74, 6) is -1.94. The highest BCUT2D eigenvalue weighted by Crippen LogP contribution is 2.28. The zero-order valence-electron chi connectivity index (χ0n) is 13.8. The molecule has 2 rings (SSSR count). The predicted octanol–water partition coefficient (Wildman–Crippen LogP) is 4.38. The third-order valence-electron chi connectivity index (χ3n) is 3.29. The average molecular weight is 373 g/mol. The Morgan fingerprint density at radius 3 is 2.50 bits per heavy atom. The second-order valence-corrected chi connectivity index (χ2v) is 5.11. The van der Waals surface area contributed by atoms with Crippen LogP contribution >= 0.6 is 0 Å². The van der Waals surface area contributed by atoms with Crippen molar-refractivity contribution in [1.29, 1.82) is 0 Å². The highest BCUT2D eigenvalue weighted by molar-refractivity contribution is 5.98. The van der Waals surface area contributed by atoms with Gasteiger partial charge in [0.15, 0.2) is 23.1 Å². The normalized spacial score (nSPS) is 12.0. The molecule has 0 radical (unpaired) electrons. The molecule has 0 amide bonds. The van der Waals surface area contributed by atoms with E-state index in [1.54, 1.807) is 13.0 Å². The Balaban J connectivity index is 2.08. The number of hydrogen-bond donors (Lipinski definition) is 1. The highest BCUT2D eigenvalue weighted by atomic mass is 19.4. The molecule has 2 aromatic carbocycles. The van der Waals surface area contributed by atoms with Gasteiger partial charge in [0.05, 0.1) is 12.8 Å². The van der Waals surface area contributed by atoms with Crippen LogP contribution < -0.4 is 9.47 Å². The first-order valence-corrected chi connectivity index (χ1v) is 7.28. The van der Waals surface area contributed by atoms with Crippen LogP contribution in [0.25, 0.3) is 0 Å². The molecule has 0 aliphatic rings. The summed E-state index contributed by atoms with van der Waals surface area (Å²) in [5, 5.41) is 13.5. The molecule has 0 aliphatic heterocycles. The van der Waals surface area contributed by atoms with Crippen LogP contribution in [-0.2, 0) is 11.4 Å². The van der Waals surface area contributed by atoms with Gasteiger partial charge < -0.3 is 19.4 Å². The molecule has 0 unspecified atom stereocenters. The van der Waals surface area contributed by atoms with Crippen molar-refractivity contribution in [2.75, 3.05) is 7.11 Å². The quantitative estimate of drug-likeness (QED) is 0.464. The van der Waals surface area contributed by atoms with Crippen molar-refractivity contribution in [3.05, 3.63) is 53.3 Å². The van der Waals surface area contributed by atoms with Crippen LogP contribution in [0.4, 0.5) is 17.6 Å². The van der Waals surface area contributed by atoms with Crippen LogP contribution in [0.5, 0.6) is 17.2 Å². The SMILES string of the molecule is COc1ccc(/C(C)=N/OCc2cccc(OC(F)(F)F)c2F)cc1O. The molecule has 0 saturated heterocycles. The molecule has 0 aliphatic carbocycles. The first-order chi connectivity index (χ1) is 12.2. The van der Waals surface area contributed by atoms with E-state index in [9.17, 15) is 22.7 Å². The topological polar surface area (TPSA) is 60.3 Å². The first-order valence-electron chi connectivity index (χ1n) is 7.28. The molecule has 0 spiro atoms. The van der Waals surface area contributed by atoms with Crippen molar-refractivity contribution >= 4 is 5.71 Å². The Hall–Kier alpha value is -2.97. The van der Waals surface area contributed by atoms with Gasteiger partial charge in [-0.3, -0.25) is 0 Å². The number of halogens is 4. The minimum Gasteiger partial charge on any atom is -0.504 e. The van der Waals surface area contributed by atoms with Crippen molar-refractivity contribution in [2.24, 2.45) is 5.16 Å². The van der Waals surface area contributed by atoms with E-state index in [-0.39, 0.29) is 17.1 Å². The zero-order chi connectivity index (χ0) is 19.3. The number of rotatable bonds is 6. The van der Waals surface area contributed by atoms with E-state index in [4.69, 9.17) is 9.57 Å². The number of phenols is 1. The maximum absolute atomic E-state index is 14.0. The standard InChI is InChI=1S/C17H15F4NO4/c1-10(11-6-7-14(24-2)13(23)8-11)22-25-9-12-4-3-5-15(16(12)18)26-17(19,20)21/h3-8,23H,9H2,1-2H3/b22-10+. The average Bonchev–Trinajstić information content (AvgIpc) is 2.56. The van der Waals surface area contributed by atoms with Crippen LogP contribution in [0, 0.1) is 5.82 Å². The molecule has 1 N–H and O–H groups in total. The molecule has 0 fully saturated rings. The lowest BCUT2D eigenvalue weighted by atomic mass is 10.1. The minimum absolute atomic E-state index is 0.0948. The first kappa shape index (κ1) is 19.4. The maximum Gasteiger partial charge on any atom is 0.573 e. The molecule has 9 heteroatoms. The number of aromatic hydroxyl groups is 1. The van der Waals surface area contributed by atoms with Crippen LogP contribution in [0.1, 0.15) is 18.1 Å². The largest absolute Gasteiger partial charge is 0.573 e. The van der Waals surface area contributed by atoms with Crippen LogP contribution in [0.15, 0.2) is 41.6 Å². The Labute approximate surface area is 146 Å². The van der Waals surface area contributed by atoms with E-state index in [2.05, 4.69) is 9.89 Å². The number of oxime groups is 1. The van der Waals surface area contributed by atoms with Crippen molar-refractivity contribution in [2.45, 2.75) is 19.9 Å². The fraction of sp³-hybridized carbons (Fsp3) is 0.235. The lowest BCUT2D eigenvalue weighted by molar-refractivity contribution is -0.275. The van der Waals surface area contributed by atoms with Crippen LogP contribution in [-0.4, -0.2) is 24.3 Å². The third-order valence-corrected chi connectivity index (χ3v) is 3.29. The molecule has 0 atom stereocenters. The number of alkyl halides is 3. The van der Waals surface area contributed by atoms with Crippen LogP contribution in [0.2, 0.25) is 0 Å². The summed E-state index contributed by atoms with van der Waals surface area (Å²) < 4.78 is 59.1. The molecule has 140 valence electrons. The Kier molecular flexibility index (Phi) is 5.91. The van der Waals surface area contributed by atoms with Gasteiger partial charge in [0, 0.05) is 11.1 Å². The molecular formula is C17H15F4NO4. The van der Waals surface area contributed by atoms with E-state index >= 15 is 0 Å². The highest BCUT2D eigenvalue weighted by Gasteiger charge is 2.32. The van der Waals surface area contributed by atoms with Crippen molar-refractivity contribution in [3.8, 4) is 17.2 Å². The molecule has 26 heavy (non-hydrogen) atoms. The summed E-state index contributed by atoms with van der Waals surface area (Å²) in [7, 11) is 1.41. The number of nitrogens with zero attached hydrogens (tertiary/aromatic N) is 1. The van der Waals surface area contributed by atoms with Gasteiger partial charge in [0.25, 0.3) is 0 Å². The summed E-state index contributed by atoms with van der Waals surface area (Å²) in [6.07, 6.45) is -4.99. The molecule has 0 heterocycles. The van der Waals surface area contributed by atoms with Crippen molar-refractivity contribution < 1.29 is 37.0 Å². The summed E-state index contributed by atoms with van der Waals surface area (Å²) in [6.45, 7) is 1.18. The Morgan fingerprint density at radius 1 is 1.15 bits per heavy atom. The Morgan fingerprint density at radius 2 is 1.88 bits per heavy atom. The number of methoxy groups -OCH3 is 1. The van der Waals surface area contributed by atoms with E-state index in [0.29, 0.717) is 11.3 Å². The Bertz CT molecular complexity index is 806. The van der Waals surface area contributed by atoms with Gasteiger partial charge in [-0.2, -0.15) is 0 Å². The maximum atomic E-state index is 14.0. The smallest absolute Gasteiger partial charge is 0.504 e. The van der Waals surface area contributed by atoms with Gasteiger partial charge in [-0.05, 0) is 31.2 Å². The number of hydrogen-bond acceptors (Lipinski definition) is 5. The third kappa shape index (κ3) is 5.01. The lowest BCUT2D eigenvalue weighted by Gasteiger charge is -2.11. The van der Waals surface area contributed by atoms with Crippen LogP contribution in [0.3, 0.4) is 0 Å². The van der Waals surface area contributed by atoms with E-state index in [0.717, 1.165) is 6.07 Å². The molecule has 0 saturated carbocycles. The van der Waals surface area contributed by atoms with Gasteiger partial charge in [0.1, 0.15) is 6.61 Å². The predicted molar refractivity (Wildman–Crippen MR) is 84.7 cm³/mol. The fourth-order valence-corrected chi connectivity index (χ4v) is 2.04. The second kappa shape index (κ2) is 7.94. The molecule has 5 nitrogen and oxygen atoms in total. The second-order valence-electron chi connectivity index (χ2n) is 5.11. The summed E-state index contributed by atoms with van der Waals surface area (Å²) in [4.78, 5) is 5.00. The van der Waals surface area contributed by atoms with E-state index in [1.807, 2.05) is 0 Å². The monoisotopic (exact) mass is 373 g/mol. The minimum atomic E-state index is -4.99. The molecule has 2 aromatic rings. The molecule has 0 bridgehead atoms. The zero-order valence-corrected chi connectivity index (χ0v) is 13.8. The van der Waals surface area contributed by atoms with Gasteiger partial charge in [-0.1, -0.05) is 17.3 Å². The van der Waals surface area contributed by atoms with E-state index < -0.39 is 24.5 Å². The van der Waals surface area contributed by atoms with E-state index in [1.165, 1.54) is 31.4 Å². The number of benzene rings is 2. The molecule has 0 aromatic heterocycles. The van der Waals surface area contributed by atoms with Gasteiger partial charge >= 0.3 is 6.36 Å². The lowest BCUT2D eigenvalue weighted by Crippen LogP contribution is -2.18. The summed E-state index contributed by atoms with van der Waals surface area (Å²) in [6, 6.07) is 7.88. The number of phenolic OH excluding ortho intramolecular Hbond substituents is 1. The summed E-state index contributed by atoms with van der Waals surface area (Å²) in [5.41, 5.74) is 0.741. The van der Waals surface area contributed by atoms with Gasteiger partial charge in [-0.15, -0.1) is 13.2 Å². The van der Waals surface area contributed by atoms with Gasteiger partial charge in [-0.25, -0.2) is 4.39 Å². The van der Waals surface area contributed by atoms with Crippen molar-refractivity contribution in [3.63, 3.8) is 0 Å². The molecular weight excluding hydrogens is 358 g/mol. The number of ether oxygens (including phenoxy) is 2. The summed E-state index contributed by atoms with van der Waals surface area (Å²) >= 11 is 0. The van der Waals surface area contributed by atoms with Gasteiger partial charge in [0.2, 0.25) is 0 Å². The fourth-order valence-electron chi connectivity index (χ4n) is 2.04.